The summed E-state index contributed by atoms with van der Waals surface area (Å²) in [5.74, 6) is -0.372. The van der Waals surface area contributed by atoms with Gasteiger partial charge in [0.2, 0.25) is 5.91 Å². The molecule has 0 fully saturated rings. The Labute approximate surface area is 181 Å². The first kappa shape index (κ1) is 21.9. The summed E-state index contributed by atoms with van der Waals surface area (Å²) in [6.45, 7) is 1.74. The van der Waals surface area contributed by atoms with Crippen molar-refractivity contribution in [3.8, 4) is 0 Å². The lowest BCUT2D eigenvalue weighted by molar-refractivity contribution is -0.123. The van der Waals surface area contributed by atoms with Crippen LogP contribution < -0.4 is 10.6 Å². The number of halogens is 2. The Bertz CT molecular complexity index is 980. The molecule has 0 aliphatic heterocycles. The molecule has 2 atom stereocenters. The highest BCUT2D eigenvalue weighted by atomic mass is 35.5. The van der Waals surface area contributed by atoms with Crippen molar-refractivity contribution >= 4 is 17.5 Å². The van der Waals surface area contributed by atoms with E-state index in [4.69, 9.17) is 11.6 Å². The molecule has 2 N–H and O–H groups in total. The number of hydrogen-bond acceptors (Lipinski definition) is 3. The third kappa shape index (κ3) is 5.65. The van der Waals surface area contributed by atoms with E-state index in [0.29, 0.717) is 17.1 Å². The number of aryl methyl sites for hydroxylation is 2. The standard InChI is InChI=1S/C24H25ClFN3O/c1-16-14-19(10-11-20(16)26)21(12-8-17-9-13-22(25)28-15-17)29-23(24(30)27-2)18-6-4-3-5-7-18/h3-7,9-11,13-15,21,23,29H,8,12H2,1-2H3,(H,27,30)/t21-,23+/m1/s1. The maximum atomic E-state index is 13.9. The van der Waals surface area contributed by atoms with E-state index in [9.17, 15) is 9.18 Å². The minimum absolute atomic E-state index is 0.127. The zero-order chi connectivity index (χ0) is 21.5. The van der Waals surface area contributed by atoms with Crippen LogP contribution in [0.2, 0.25) is 5.15 Å². The Morgan fingerprint density at radius 2 is 1.87 bits per heavy atom. The minimum atomic E-state index is -0.532. The molecule has 0 spiro atoms. The molecule has 4 nitrogen and oxygen atoms in total. The van der Waals surface area contributed by atoms with E-state index < -0.39 is 6.04 Å². The third-order valence-electron chi connectivity index (χ3n) is 5.10. The molecule has 0 radical (unpaired) electrons. The molecule has 30 heavy (non-hydrogen) atoms. The maximum Gasteiger partial charge on any atom is 0.241 e. The molecule has 156 valence electrons. The predicted molar refractivity (Wildman–Crippen MR) is 118 cm³/mol. The zero-order valence-corrected chi connectivity index (χ0v) is 17.8. The number of rotatable bonds is 8. The quantitative estimate of drug-likeness (QED) is 0.503. The normalized spacial score (nSPS) is 12.9. The summed E-state index contributed by atoms with van der Waals surface area (Å²) < 4.78 is 13.9. The van der Waals surface area contributed by atoms with Gasteiger partial charge in [-0.2, -0.15) is 0 Å². The average molecular weight is 426 g/mol. The highest BCUT2D eigenvalue weighted by molar-refractivity contribution is 6.29. The van der Waals surface area contributed by atoms with Crippen LogP contribution in [0.3, 0.4) is 0 Å². The van der Waals surface area contributed by atoms with Crippen LogP contribution in [-0.4, -0.2) is 17.9 Å². The van der Waals surface area contributed by atoms with E-state index in [-0.39, 0.29) is 17.8 Å². The van der Waals surface area contributed by atoms with Gasteiger partial charge >= 0.3 is 0 Å². The number of likely N-dealkylation sites (N-methyl/N-ethyl adjacent to an activating group) is 1. The van der Waals surface area contributed by atoms with Crippen molar-refractivity contribution in [2.45, 2.75) is 31.8 Å². The monoisotopic (exact) mass is 425 g/mol. The van der Waals surface area contributed by atoms with Gasteiger partial charge in [-0.05, 0) is 54.2 Å². The first-order valence-electron chi connectivity index (χ1n) is 9.87. The molecule has 3 rings (SSSR count). The third-order valence-corrected chi connectivity index (χ3v) is 5.33. The number of benzene rings is 2. The van der Waals surface area contributed by atoms with Gasteiger partial charge in [0.05, 0.1) is 0 Å². The van der Waals surface area contributed by atoms with Crippen molar-refractivity contribution in [1.82, 2.24) is 15.6 Å². The van der Waals surface area contributed by atoms with Crippen molar-refractivity contribution in [1.29, 1.82) is 0 Å². The Morgan fingerprint density at radius 3 is 2.50 bits per heavy atom. The summed E-state index contributed by atoms with van der Waals surface area (Å²) in [5, 5.41) is 6.67. The van der Waals surface area contributed by atoms with Crippen LogP contribution in [0.4, 0.5) is 4.39 Å². The molecular weight excluding hydrogens is 401 g/mol. The number of aromatic nitrogens is 1. The molecule has 3 aromatic rings. The van der Waals surface area contributed by atoms with E-state index in [1.165, 1.54) is 6.07 Å². The van der Waals surface area contributed by atoms with Crippen LogP contribution in [0.25, 0.3) is 0 Å². The lowest BCUT2D eigenvalue weighted by Gasteiger charge is -2.26. The van der Waals surface area contributed by atoms with Gasteiger partial charge in [-0.15, -0.1) is 0 Å². The van der Waals surface area contributed by atoms with Crippen LogP contribution >= 0.6 is 11.6 Å². The zero-order valence-electron chi connectivity index (χ0n) is 17.0. The van der Waals surface area contributed by atoms with Crippen LogP contribution in [0.1, 0.15) is 40.8 Å². The second-order valence-electron chi connectivity index (χ2n) is 7.21. The van der Waals surface area contributed by atoms with Gasteiger partial charge < -0.3 is 5.32 Å². The number of amides is 1. The highest BCUT2D eigenvalue weighted by Gasteiger charge is 2.24. The van der Waals surface area contributed by atoms with Crippen LogP contribution in [0, 0.1) is 12.7 Å². The van der Waals surface area contributed by atoms with Crippen molar-refractivity contribution in [3.05, 3.63) is 100 Å². The lowest BCUT2D eigenvalue weighted by Crippen LogP contribution is -2.38. The largest absolute Gasteiger partial charge is 0.358 e. The van der Waals surface area contributed by atoms with Crippen molar-refractivity contribution in [2.75, 3.05) is 7.05 Å². The molecule has 0 unspecified atom stereocenters. The second-order valence-corrected chi connectivity index (χ2v) is 7.60. The van der Waals surface area contributed by atoms with Crippen molar-refractivity contribution < 1.29 is 9.18 Å². The summed E-state index contributed by atoms with van der Waals surface area (Å²) >= 11 is 5.89. The van der Waals surface area contributed by atoms with Gasteiger partial charge in [0.1, 0.15) is 17.0 Å². The van der Waals surface area contributed by atoms with Crippen molar-refractivity contribution in [2.24, 2.45) is 0 Å². The molecule has 0 saturated heterocycles. The van der Waals surface area contributed by atoms with Crippen molar-refractivity contribution in [3.63, 3.8) is 0 Å². The fourth-order valence-electron chi connectivity index (χ4n) is 3.41. The average Bonchev–Trinajstić information content (AvgIpc) is 2.77. The molecule has 0 saturated carbocycles. The van der Waals surface area contributed by atoms with Gasteiger partial charge in [-0.25, -0.2) is 9.37 Å². The van der Waals surface area contributed by atoms with Gasteiger partial charge in [0.25, 0.3) is 0 Å². The molecule has 0 aliphatic rings. The number of nitrogens with zero attached hydrogens (tertiary/aromatic N) is 1. The molecule has 1 heterocycles. The SMILES string of the molecule is CNC(=O)[C@@H](N[C@H](CCc1ccc(Cl)nc1)c1ccc(F)c(C)c1)c1ccccc1. The Morgan fingerprint density at radius 1 is 1.10 bits per heavy atom. The summed E-state index contributed by atoms with van der Waals surface area (Å²) in [5.41, 5.74) is 3.42. The number of hydrogen-bond donors (Lipinski definition) is 2. The Kier molecular flexibility index (Phi) is 7.55. The Balaban J connectivity index is 1.89. The number of nitrogens with one attached hydrogen (secondary N) is 2. The fraction of sp³-hybridized carbons (Fsp3) is 0.250. The molecule has 1 amide bonds. The lowest BCUT2D eigenvalue weighted by atomic mass is 9.95. The molecule has 1 aromatic heterocycles. The molecule has 0 aliphatic carbocycles. The molecule has 2 aromatic carbocycles. The topological polar surface area (TPSA) is 54.0 Å². The van der Waals surface area contributed by atoms with E-state index >= 15 is 0 Å². The van der Waals surface area contributed by atoms with Gasteiger partial charge in [-0.3, -0.25) is 10.1 Å². The van der Waals surface area contributed by atoms with Gasteiger partial charge in [0, 0.05) is 19.3 Å². The van der Waals surface area contributed by atoms with E-state index in [0.717, 1.165) is 23.1 Å². The summed E-state index contributed by atoms with van der Waals surface area (Å²) in [6.07, 6.45) is 3.19. The number of carbonyl (C=O) groups is 1. The van der Waals surface area contributed by atoms with Crippen LogP contribution in [0.5, 0.6) is 0 Å². The first-order valence-corrected chi connectivity index (χ1v) is 10.2. The molecule has 6 heteroatoms. The number of pyridine rings is 1. The van der Waals surface area contributed by atoms with E-state index in [1.807, 2.05) is 42.5 Å². The van der Waals surface area contributed by atoms with Gasteiger partial charge in [-0.1, -0.05) is 60.1 Å². The smallest absolute Gasteiger partial charge is 0.241 e. The maximum absolute atomic E-state index is 13.9. The fourth-order valence-corrected chi connectivity index (χ4v) is 3.52. The van der Waals surface area contributed by atoms with Gasteiger partial charge in [0.15, 0.2) is 0 Å². The second kappa shape index (κ2) is 10.3. The summed E-state index contributed by atoms with van der Waals surface area (Å²) in [4.78, 5) is 16.8. The van der Waals surface area contributed by atoms with E-state index in [1.54, 1.807) is 32.3 Å². The molecular formula is C24H25ClFN3O. The van der Waals surface area contributed by atoms with E-state index in [2.05, 4.69) is 15.6 Å². The highest BCUT2D eigenvalue weighted by Crippen LogP contribution is 2.26. The first-order chi connectivity index (χ1) is 14.5. The summed E-state index contributed by atoms with van der Waals surface area (Å²) in [7, 11) is 1.62. The summed E-state index contributed by atoms with van der Waals surface area (Å²) in [6, 6.07) is 17.6. The van der Waals surface area contributed by atoms with Crippen LogP contribution in [0.15, 0.2) is 66.9 Å². The molecule has 0 bridgehead atoms. The Hall–Kier alpha value is -2.76. The number of carbonyl (C=O) groups excluding carboxylic acids is 1. The minimum Gasteiger partial charge on any atom is -0.358 e. The predicted octanol–water partition coefficient (Wildman–Crippen LogP) is 4.93. The van der Waals surface area contributed by atoms with Crippen LogP contribution in [-0.2, 0) is 11.2 Å².